The average Bonchev–Trinajstić information content (AvgIpc) is 3.09. The van der Waals surface area contributed by atoms with Crippen LogP contribution in [0.3, 0.4) is 0 Å². The van der Waals surface area contributed by atoms with E-state index in [-0.39, 0.29) is 11.8 Å². The molecule has 2 aromatic rings. The number of hydrogen-bond donors (Lipinski definition) is 1. The Morgan fingerprint density at radius 1 is 1.12 bits per heavy atom. The molecule has 130 valence electrons. The number of hydrogen-bond acceptors (Lipinski definition) is 3. The molecule has 0 unspecified atom stereocenters. The minimum Gasteiger partial charge on any atom is -0.318 e. The molecule has 4 nitrogen and oxygen atoms in total. The molecule has 0 aliphatic rings. The lowest BCUT2D eigenvalue weighted by Gasteiger charge is -2.26. The van der Waals surface area contributed by atoms with Crippen molar-refractivity contribution in [1.82, 2.24) is 9.80 Å². The number of halogens is 1. The van der Waals surface area contributed by atoms with Gasteiger partial charge in [0.1, 0.15) is 5.82 Å². The zero-order valence-corrected chi connectivity index (χ0v) is 15.0. The predicted molar refractivity (Wildman–Crippen MR) is 97.9 cm³/mol. The number of carbonyl (C=O) groups is 1. The van der Waals surface area contributed by atoms with Crippen molar-refractivity contribution >= 4 is 23.1 Å². The van der Waals surface area contributed by atoms with E-state index in [9.17, 15) is 9.18 Å². The van der Waals surface area contributed by atoms with E-state index in [1.165, 1.54) is 12.1 Å². The summed E-state index contributed by atoms with van der Waals surface area (Å²) in [5.41, 5.74) is 0.598. The molecule has 0 radical (unpaired) electrons. The first kappa shape index (κ1) is 18.4. The van der Waals surface area contributed by atoms with Crippen LogP contribution in [-0.2, 0) is 6.54 Å². The van der Waals surface area contributed by atoms with Gasteiger partial charge in [-0.1, -0.05) is 19.9 Å². The van der Waals surface area contributed by atoms with E-state index in [1.807, 2.05) is 17.5 Å². The van der Waals surface area contributed by atoms with E-state index < -0.39 is 0 Å². The first-order valence-corrected chi connectivity index (χ1v) is 9.06. The van der Waals surface area contributed by atoms with Gasteiger partial charge in [0.05, 0.1) is 6.54 Å². The summed E-state index contributed by atoms with van der Waals surface area (Å²) in [6, 6.07) is 9.68. The highest BCUT2D eigenvalue weighted by Gasteiger charge is 2.16. The Labute approximate surface area is 146 Å². The normalized spacial score (nSPS) is 10.8. The minimum absolute atomic E-state index is 0.165. The van der Waals surface area contributed by atoms with Gasteiger partial charge in [-0.15, -0.1) is 11.3 Å². The van der Waals surface area contributed by atoms with Crippen molar-refractivity contribution in [1.29, 1.82) is 0 Å². The maximum Gasteiger partial charge on any atom is 0.322 e. The third-order valence-electron chi connectivity index (χ3n) is 3.89. The molecule has 1 N–H and O–H groups in total. The maximum absolute atomic E-state index is 13.0. The monoisotopic (exact) mass is 349 g/mol. The number of nitrogens with one attached hydrogen (secondary N) is 1. The third kappa shape index (κ3) is 5.62. The average molecular weight is 349 g/mol. The van der Waals surface area contributed by atoms with Crippen LogP contribution in [0.25, 0.3) is 0 Å². The van der Waals surface area contributed by atoms with Crippen molar-refractivity contribution in [2.24, 2.45) is 0 Å². The van der Waals surface area contributed by atoms with Crippen LogP contribution in [0.5, 0.6) is 0 Å². The lowest BCUT2D eigenvalue weighted by molar-refractivity contribution is 0.195. The number of nitrogens with zero attached hydrogens (tertiary/aromatic N) is 2. The van der Waals surface area contributed by atoms with Crippen LogP contribution >= 0.6 is 11.3 Å². The number of carbonyl (C=O) groups excluding carboxylic acids is 1. The first-order valence-electron chi connectivity index (χ1n) is 8.18. The second-order valence-electron chi connectivity index (χ2n) is 5.46. The van der Waals surface area contributed by atoms with E-state index in [1.54, 1.807) is 28.4 Å². The molecule has 0 atom stereocenters. The summed E-state index contributed by atoms with van der Waals surface area (Å²) in [6.07, 6.45) is 0. The van der Waals surface area contributed by atoms with Crippen molar-refractivity contribution in [3.63, 3.8) is 0 Å². The van der Waals surface area contributed by atoms with Crippen LogP contribution in [0.4, 0.5) is 14.9 Å². The summed E-state index contributed by atoms with van der Waals surface area (Å²) in [6.45, 7) is 8.21. The highest BCUT2D eigenvalue weighted by atomic mass is 32.1. The van der Waals surface area contributed by atoms with E-state index in [4.69, 9.17) is 0 Å². The molecule has 2 amide bonds. The Hall–Kier alpha value is -1.92. The second kappa shape index (κ2) is 9.39. The third-order valence-corrected chi connectivity index (χ3v) is 4.75. The number of thiophene rings is 1. The lowest BCUT2D eigenvalue weighted by atomic mass is 10.3. The van der Waals surface area contributed by atoms with Crippen molar-refractivity contribution in [3.05, 3.63) is 52.5 Å². The molecule has 0 bridgehead atoms. The zero-order valence-electron chi connectivity index (χ0n) is 14.2. The molecule has 6 heteroatoms. The highest BCUT2D eigenvalue weighted by Crippen LogP contribution is 2.14. The Morgan fingerprint density at radius 2 is 1.83 bits per heavy atom. The van der Waals surface area contributed by atoms with E-state index in [0.717, 1.165) is 24.5 Å². The van der Waals surface area contributed by atoms with Gasteiger partial charge in [-0.3, -0.25) is 0 Å². The van der Waals surface area contributed by atoms with Gasteiger partial charge in [-0.25, -0.2) is 9.18 Å². The molecule has 0 saturated heterocycles. The fourth-order valence-corrected chi connectivity index (χ4v) is 3.10. The molecule has 0 spiro atoms. The molecule has 0 fully saturated rings. The smallest absolute Gasteiger partial charge is 0.318 e. The fraction of sp³-hybridized carbons (Fsp3) is 0.389. The molecule has 2 rings (SSSR count). The molecule has 1 heterocycles. The zero-order chi connectivity index (χ0) is 17.4. The van der Waals surface area contributed by atoms with Crippen LogP contribution < -0.4 is 5.32 Å². The van der Waals surface area contributed by atoms with Crippen LogP contribution in [0, 0.1) is 5.82 Å². The second-order valence-corrected chi connectivity index (χ2v) is 6.50. The topological polar surface area (TPSA) is 35.6 Å². The highest BCUT2D eigenvalue weighted by molar-refractivity contribution is 7.09. The molecule has 24 heavy (non-hydrogen) atoms. The molecule has 0 aliphatic heterocycles. The Morgan fingerprint density at radius 3 is 2.42 bits per heavy atom. The first-order chi connectivity index (χ1) is 11.6. The van der Waals surface area contributed by atoms with Crippen molar-refractivity contribution in [2.45, 2.75) is 20.4 Å². The number of amides is 2. The van der Waals surface area contributed by atoms with Crippen LogP contribution in [-0.4, -0.2) is 42.0 Å². The quantitative estimate of drug-likeness (QED) is 0.773. The van der Waals surface area contributed by atoms with Gasteiger partial charge in [0.15, 0.2) is 0 Å². The summed E-state index contributed by atoms with van der Waals surface area (Å²) in [4.78, 5) is 17.8. The van der Waals surface area contributed by atoms with Gasteiger partial charge < -0.3 is 15.1 Å². The van der Waals surface area contributed by atoms with Crippen LogP contribution in [0.1, 0.15) is 18.7 Å². The Bertz CT molecular complexity index is 612. The standard InChI is InChI=1S/C18H24FN3OS/c1-3-21(4-2)11-12-22(14-17-6-5-13-24-17)18(23)20-16-9-7-15(19)8-10-16/h5-10,13H,3-4,11-12,14H2,1-2H3,(H,20,23). The summed E-state index contributed by atoms with van der Waals surface area (Å²) < 4.78 is 13.0. The molecule has 1 aromatic carbocycles. The predicted octanol–water partition coefficient (Wildman–Crippen LogP) is 4.26. The van der Waals surface area contributed by atoms with E-state index >= 15 is 0 Å². The number of likely N-dealkylation sites (N-methyl/N-ethyl adjacent to an activating group) is 1. The fourth-order valence-electron chi connectivity index (χ4n) is 2.38. The Balaban J connectivity index is 2.02. The number of urea groups is 1. The summed E-state index contributed by atoms with van der Waals surface area (Å²) in [5, 5.41) is 4.86. The lowest BCUT2D eigenvalue weighted by Crippen LogP contribution is -2.40. The van der Waals surface area contributed by atoms with E-state index in [0.29, 0.717) is 18.8 Å². The minimum atomic E-state index is -0.315. The van der Waals surface area contributed by atoms with Gasteiger partial charge >= 0.3 is 6.03 Å². The van der Waals surface area contributed by atoms with Crippen LogP contribution in [0.15, 0.2) is 41.8 Å². The van der Waals surface area contributed by atoms with Crippen molar-refractivity contribution in [3.8, 4) is 0 Å². The maximum atomic E-state index is 13.0. The molecule has 0 aliphatic carbocycles. The molecular weight excluding hydrogens is 325 g/mol. The van der Waals surface area contributed by atoms with Crippen LogP contribution in [0.2, 0.25) is 0 Å². The molecule has 0 saturated carbocycles. The molecule has 1 aromatic heterocycles. The Kier molecular flexibility index (Phi) is 7.21. The van der Waals surface area contributed by atoms with Crippen molar-refractivity contribution in [2.75, 3.05) is 31.5 Å². The van der Waals surface area contributed by atoms with Crippen molar-refractivity contribution < 1.29 is 9.18 Å². The van der Waals surface area contributed by atoms with Gasteiger partial charge in [-0.05, 0) is 48.8 Å². The summed E-state index contributed by atoms with van der Waals surface area (Å²) >= 11 is 1.64. The van der Waals surface area contributed by atoms with Gasteiger partial charge in [0.25, 0.3) is 0 Å². The molecular formula is C18H24FN3OS. The largest absolute Gasteiger partial charge is 0.322 e. The summed E-state index contributed by atoms with van der Waals surface area (Å²) in [5.74, 6) is -0.315. The van der Waals surface area contributed by atoms with Gasteiger partial charge in [-0.2, -0.15) is 0 Å². The number of anilines is 1. The van der Waals surface area contributed by atoms with E-state index in [2.05, 4.69) is 24.1 Å². The SMILES string of the molecule is CCN(CC)CCN(Cc1cccs1)C(=O)Nc1ccc(F)cc1. The number of benzene rings is 1. The summed E-state index contributed by atoms with van der Waals surface area (Å²) in [7, 11) is 0. The van der Waals surface area contributed by atoms with Gasteiger partial charge in [0.2, 0.25) is 0 Å². The number of rotatable bonds is 8. The van der Waals surface area contributed by atoms with Gasteiger partial charge in [0, 0.05) is 23.7 Å².